The van der Waals surface area contributed by atoms with Gasteiger partial charge in [0.1, 0.15) is 0 Å². The van der Waals surface area contributed by atoms with E-state index in [1.165, 1.54) is 0 Å². The molecule has 0 atom stereocenters. The average molecular weight is 255 g/mol. The first-order chi connectivity index (χ1) is 8.75. The summed E-state index contributed by atoms with van der Waals surface area (Å²) in [4.78, 5) is 13.8. The Hall–Kier alpha value is -0.650. The Labute approximate surface area is 109 Å². The third-order valence-corrected chi connectivity index (χ3v) is 3.91. The number of nitrogens with zero attached hydrogens (tertiary/aromatic N) is 1. The van der Waals surface area contributed by atoms with Crippen LogP contribution in [-0.2, 0) is 9.53 Å². The van der Waals surface area contributed by atoms with E-state index in [9.17, 15) is 4.79 Å². The van der Waals surface area contributed by atoms with Crippen molar-refractivity contribution in [2.45, 2.75) is 44.2 Å². The number of hydrogen-bond donors (Lipinski definition) is 2. The van der Waals surface area contributed by atoms with E-state index in [-0.39, 0.29) is 5.91 Å². The van der Waals surface area contributed by atoms with Crippen molar-refractivity contribution in [3.05, 3.63) is 0 Å². The van der Waals surface area contributed by atoms with E-state index < -0.39 is 0 Å². The van der Waals surface area contributed by atoms with E-state index in [4.69, 9.17) is 10.5 Å². The molecule has 1 heterocycles. The molecule has 0 aromatic carbocycles. The van der Waals surface area contributed by atoms with Gasteiger partial charge >= 0.3 is 0 Å². The Morgan fingerprint density at radius 1 is 1.22 bits per heavy atom. The first kappa shape index (κ1) is 13.8. The number of amides is 1. The molecule has 1 amide bonds. The minimum absolute atomic E-state index is 0.248. The fraction of sp³-hybridized carbons (Fsp3) is 0.923. The Balaban J connectivity index is 1.58. The highest BCUT2D eigenvalue weighted by atomic mass is 16.5. The molecule has 1 saturated heterocycles. The second kappa shape index (κ2) is 7.07. The molecule has 5 heteroatoms. The number of morpholine rings is 1. The lowest BCUT2D eigenvalue weighted by atomic mass is 9.92. The summed E-state index contributed by atoms with van der Waals surface area (Å²) < 4.78 is 5.24. The third kappa shape index (κ3) is 4.23. The van der Waals surface area contributed by atoms with Crippen LogP contribution in [0.1, 0.15) is 32.1 Å². The van der Waals surface area contributed by atoms with Crippen molar-refractivity contribution in [1.29, 1.82) is 0 Å². The Kier molecular flexibility index (Phi) is 5.41. The molecule has 104 valence electrons. The normalized spacial score (nSPS) is 29.3. The van der Waals surface area contributed by atoms with Crippen LogP contribution >= 0.6 is 0 Å². The Bertz CT molecular complexity index is 259. The number of carbonyl (C=O) groups excluding carboxylic acids is 1. The van der Waals surface area contributed by atoms with Crippen molar-refractivity contribution in [1.82, 2.24) is 10.2 Å². The van der Waals surface area contributed by atoms with Crippen LogP contribution in [-0.4, -0.2) is 55.7 Å². The van der Waals surface area contributed by atoms with Crippen molar-refractivity contribution in [2.24, 2.45) is 5.73 Å². The van der Waals surface area contributed by atoms with Crippen LogP contribution in [0.3, 0.4) is 0 Å². The number of rotatable bonds is 4. The highest BCUT2D eigenvalue weighted by Gasteiger charge is 2.19. The van der Waals surface area contributed by atoms with Crippen LogP contribution in [0.5, 0.6) is 0 Å². The Morgan fingerprint density at radius 2 is 1.89 bits per heavy atom. The van der Waals surface area contributed by atoms with Gasteiger partial charge in [0.05, 0.1) is 13.2 Å². The monoisotopic (exact) mass is 255 g/mol. The van der Waals surface area contributed by atoms with Gasteiger partial charge in [0.2, 0.25) is 5.91 Å². The smallest absolute Gasteiger partial charge is 0.224 e. The number of carbonyl (C=O) groups is 1. The van der Waals surface area contributed by atoms with Gasteiger partial charge in [-0.1, -0.05) is 0 Å². The molecule has 0 aromatic rings. The zero-order valence-corrected chi connectivity index (χ0v) is 11.1. The van der Waals surface area contributed by atoms with Gasteiger partial charge in [0.25, 0.3) is 0 Å². The summed E-state index contributed by atoms with van der Waals surface area (Å²) in [5.41, 5.74) is 5.87. The van der Waals surface area contributed by atoms with Crippen LogP contribution in [0.2, 0.25) is 0 Å². The van der Waals surface area contributed by atoms with E-state index in [1.54, 1.807) is 0 Å². The van der Waals surface area contributed by atoms with Gasteiger partial charge < -0.3 is 20.7 Å². The minimum Gasteiger partial charge on any atom is -0.378 e. The summed E-state index contributed by atoms with van der Waals surface area (Å²) in [6.45, 7) is 3.64. The largest absolute Gasteiger partial charge is 0.378 e. The van der Waals surface area contributed by atoms with Crippen molar-refractivity contribution in [3.63, 3.8) is 0 Å². The molecule has 0 radical (unpaired) electrons. The van der Waals surface area contributed by atoms with Gasteiger partial charge in [0, 0.05) is 38.1 Å². The van der Waals surface area contributed by atoms with Crippen LogP contribution in [0.15, 0.2) is 0 Å². The number of nitrogens with one attached hydrogen (secondary N) is 1. The van der Waals surface area contributed by atoms with Crippen molar-refractivity contribution in [2.75, 3.05) is 32.8 Å². The first-order valence-electron chi connectivity index (χ1n) is 7.10. The molecule has 0 spiro atoms. The molecular formula is C13H25N3O2. The SMILES string of the molecule is NC1CCC(NCCC(=O)N2CCOCC2)CC1. The van der Waals surface area contributed by atoms with Gasteiger partial charge in [0.15, 0.2) is 0 Å². The maximum atomic E-state index is 11.9. The second-order valence-electron chi connectivity index (χ2n) is 5.31. The molecule has 0 bridgehead atoms. The molecule has 1 saturated carbocycles. The molecule has 3 N–H and O–H groups in total. The fourth-order valence-electron chi connectivity index (χ4n) is 2.68. The lowest BCUT2D eigenvalue weighted by Crippen LogP contribution is -2.43. The number of nitrogens with two attached hydrogens (primary N) is 1. The van der Waals surface area contributed by atoms with Crippen molar-refractivity contribution >= 4 is 5.91 Å². The maximum Gasteiger partial charge on any atom is 0.224 e. The summed E-state index contributed by atoms with van der Waals surface area (Å²) in [5, 5.41) is 3.48. The lowest BCUT2D eigenvalue weighted by molar-refractivity contribution is -0.135. The van der Waals surface area contributed by atoms with Gasteiger partial charge in [-0.15, -0.1) is 0 Å². The van der Waals surface area contributed by atoms with Gasteiger partial charge in [-0.05, 0) is 25.7 Å². The summed E-state index contributed by atoms with van der Waals surface area (Å²) in [6.07, 6.45) is 5.10. The second-order valence-corrected chi connectivity index (χ2v) is 5.31. The van der Waals surface area contributed by atoms with Crippen molar-refractivity contribution < 1.29 is 9.53 Å². The molecule has 2 aliphatic rings. The van der Waals surface area contributed by atoms with E-state index in [1.807, 2.05) is 4.90 Å². The van der Waals surface area contributed by atoms with Gasteiger partial charge in [-0.2, -0.15) is 0 Å². The van der Waals surface area contributed by atoms with E-state index in [0.717, 1.165) is 45.3 Å². The fourth-order valence-corrected chi connectivity index (χ4v) is 2.68. The first-order valence-corrected chi connectivity index (χ1v) is 7.10. The predicted molar refractivity (Wildman–Crippen MR) is 70.3 cm³/mol. The predicted octanol–water partition coefficient (Wildman–Crippen LogP) is 0.0948. The summed E-state index contributed by atoms with van der Waals surface area (Å²) in [5.74, 6) is 0.248. The quantitative estimate of drug-likeness (QED) is 0.747. The number of hydrogen-bond acceptors (Lipinski definition) is 4. The van der Waals surface area contributed by atoms with Crippen LogP contribution < -0.4 is 11.1 Å². The highest BCUT2D eigenvalue weighted by molar-refractivity contribution is 5.76. The minimum atomic E-state index is 0.248. The van der Waals surface area contributed by atoms with Crippen LogP contribution in [0.25, 0.3) is 0 Å². The maximum absolute atomic E-state index is 11.9. The van der Waals surface area contributed by atoms with E-state index in [0.29, 0.717) is 31.7 Å². The van der Waals surface area contributed by atoms with Gasteiger partial charge in [-0.3, -0.25) is 4.79 Å². The standard InChI is InChI=1S/C13H25N3O2/c14-11-1-3-12(4-2-11)15-6-5-13(17)16-7-9-18-10-8-16/h11-12,15H,1-10,14H2. The molecule has 1 aliphatic carbocycles. The number of ether oxygens (including phenoxy) is 1. The summed E-state index contributed by atoms with van der Waals surface area (Å²) >= 11 is 0. The highest BCUT2D eigenvalue weighted by Crippen LogP contribution is 2.16. The zero-order chi connectivity index (χ0) is 12.8. The third-order valence-electron chi connectivity index (χ3n) is 3.91. The van der Waals surface area contributed by atoms with Crippen LogP contribution in [0.4, 0.5) is 0 Å². The molecule has 0 unspecified atom stereocenters. The molecule has 2 rings (SSSR count). The molecule has 0 aromatic heterocycles. The lowest BCUT2D eigenvalue weighted by Gasteiger charge is -2.29. The summed E-state index contributed by atoms with van der Waals surface area (Å²) in [6, 6.07) is 0.945. The molecule has 5 nitrogen and oxygen atoms in total. The van der Waals surface area contributed by atoms with Gasteiger partial charge in [-0.25, -0.2) is 0 Å². The van der Waals surface area contributed by atoms with E-state index >= 15 is 0 Å². The average Bonchev–Trinajstić information content (AvgIpc) is 2.42. The molecule has 2 fully saturated rings. The van der Waals surface area contributed by atoms with Crippen molar-refractivity contribution in [3.8, 4) is 0 Å². The molecular weight excluding hydrogens is 230 g/mol. The van der Waals surface area contributed by atoms with E-state index in [2.05, 4.69) is 5.32 Å². The Morgan fingerprint density at radius 3 is 2.56 bits per heavy atom. The van der Waals surface area contributed by atoms with Crippen LogP contribution in [0, 0.1) is 0 Å². The molecule has 18 heavy (non-hydrogen) atoms. The zero-order valence-electron chi connectivity index (χ0n) is 11.1. The molecule has 1 aliphatic heterocycles. The topological polar surface area (TPSA) is 67.6 Å². The summed E-state index contributed by atoms with van der Waals surface area (Å²) in [7, 11) is 0.